The van der Waals surface area contributed by atoms with Crippen molar-refractivity contribution in [2.45, 2.75) is 19.3 Å². The molecule has 0 amide bonds. The van der Waals surface area contributed by atoms with Gasteiger partial charge in [-0.1, -0.05) is 92.7 Å². The van der Waals surface area contributed by atoms with Crippen molar-refractivity contribution >= 4 is 43.6 Å². The summed E-state index contributed by atoms with van der Waals surface area (Å²) in [5, 5.41) is 5.22. The molecule has 3 nitrogen and oxygen atoms in total. The van der Waals surface area contributed by atoms with Crippen LogP contribution < -0.4 is 0 Å². The van der Waals surface area contributed by atoms with E-state index in [-0.39, 0.29) is 5.41 Å². The van der Waals surface area contributed by atoms with E-state index in [1.54, 1.807) is 0 Å². The Balaban J connectivity index is 1.68. The van der Waals surface area contributed by atoms with E-state index in [2.05, 4.69) is 143 Å². The smallest absolute Gasteiger partial charge is 0.0795 e. The summed E-state index contributed by atoms with van der Waals surface area (Å²) in [5.74, 6) is 0. The van der Waals surface area contributed by atoms with E-state index in [1.165, 1.54) is 65.9 Å². The number of para-hydroxylation sites is 3. The number of pyridine rings is 1. The molecule has 41 heavy (non-hydrogen) atoms. The predicted molar refractivity (Wildman–Crippen MR) is 170 cm³/mol. The third-order valence-electron chi connectivity index (χ3n) is 9.15. The Labute approximate surface area is 237 Å². The minimum Gasteiger partial charge on any atom is -0.307 e. The van der Waals surface area contributed by atoms with Crippen molar-refractivity contribution in [1.82, 2.24) is 14.1 Å². The van der Waals surface area contributed by atoms with Gasteiger partial charge in [0.1, 0.15) is 0 Å². The van der Waals surface area contributed by atoms with Crippen LogP contribution in [-0.2, 0) is 5.41 Å². The molecule has 0 atom stereocenters. The highest BCUT2D eigenvalue weighted by atomic mass is 15.0. The van der Waals surface area contributed by atoms with Crippen molar-refractivity contribution in [2.75, 3.05) is 0 Å². The second kappa shape index (κ2) is 7.96. The van der Waals surface area contributed by atoms with E-state index >= 15 is 0 Å². The van der Waals surface area contributed by atoms with Crippen molar-refractivity contribution in [1.29, 1.82) is 0 Å². The first-order chi connectivity index (χ1) is 20.2. The van der Waals surface area contributed by atoms with Crippen LogP contribution in [0, 0.1) is 0 Å². The molecule has 3 heteroatoms. The molecular formula is C38H27N3. The van der Waals surface area contributed by atoms with Gasteiger partial charge in [-0.15, -0.1) is 0 Å². The average molecular weight is 526 g/mol. The van der Waals surface area contributed by atoms with Crippen LogP contribution in [0.4, 0.5) is 0 Å². The number of hydrogen-bond acceptors (Lipinski definition) is 1. The molecule has 0 bridgehead atoms. The fraction of sp³-hybridized carbons (Fsp3) is 0.0789. The third-order valence-corrected chi connectivity index (χ3v) is 9.15. The van der Waals surface area contributed by atoms with Gasteiger partial charge in [0, 0.05) is 50.7 Å². The quantitative estimate of drug-likeness (QED) is 0.220. The van der Waals surface area contributed by atoms with Crippen molar-refractivity contribution in [3.05, 3.63) is 139 Å². The molecule has 0 saturated heterocycles. The summed E-state index contributed by atoms with van der Waals surface area (Å²) in [6, 6.07) is 41.9. The Kier molecular flexibility index (Phi) is 4.39. The molecule has 8 aromatic rings. The van der Waals surface area contributed by atoms with E-state index in [0.717, 1.165) is 11.4 Å². The molecule has 0 unspecified atom stereocenters. The SMILES string of the molecule is CC1(C)c2ccccc2-c2c1c1c3ccccc3n(-c3ccncc3)c1c1c2c2ccccc2n1-c1ccccc1. The largest absolute Gasteiger partial charge is 0.307 e. The lowest BCUT2D eigenvalue weighted by atomic mass is 9.80. The van der Waals surface area contributed by atoms with Crippen LogP contribution in [0.15, 0.2) is 128 Å². The van der Waals surface area contributed by atoms with Gasteiger partial charge in [-0.05, 0) is 58.7 Å². The fourth-order valence-electron chi connectivity index (χ4n) is 7.57. The molecule has 3 heterocycles. The highest BCUT2D eigenvalue weighted by Gasteiger charge is 2.41. The highest BCUT2D eigenvalue weighted by molar-refractivity contribution is 6.30. The molecule has 0 radical (unpaired) electrons. The summed E-state index contributed by atoms with van der Waals surface area (Å²) in [6.45, 7) is 4.80. The average Bonchev–Trinajstić information content (AvgIpc) is 3.62. The first-order valence-electron chi connectivity index (χ1n) is 14.2. The summed E-state index contributed by atoms with van der Waals surface area (Å²) in [6.07, 6.45) is 3.79. The zero-order valence-corrected chi connectivity index (χ0v) is 23.0. The Morgan fingerprint density at radius 3 is 1.78 bits per heavy atom. The molecule has 1 aliphatic carbocycles. The van der Waals surface area contributed by atoms with Gasteiger partial charge in [0.05, 0.1) is 22.1 Å². The van der Waals surface area contributed by atoms with Crippen LogP contribution in [0.2, 0.25) is 0 Å². The van der Waals surface area contributed by atoms with E-state index < -0.39 is 0 Å². The number of benzene rings is 5. The molecule has 0 spiro atoms. The van der Waals surface area contributed by atoms with E-state index in [1.807, 2.05) is 12.4 Å². The highest BCUT2D eigenvalue weighted by Crippen LogP contribution is 2.58. The van der Waals surface area contributed by atoms with Crippen LogP contribution in [-0.4, -0.2) is 14.1 Å². The zero-order valence-electron chi connectivity index (χ0n) is 23.0. The molecule has 1 aliphatic rings. The van der Waals surface area contributed by atoms with Gasteiger partial charge >= 0.3 is 0 Å². The predicted octanol–water partition coefficient (Wildman–Crippen LogP) is 9.58. The molecule has 0 aliphatic heterocycles. The topological polar surface area (TPSA) is 22.8 Å². The van der Waals surface area contributed by atoms with Gasteiger partial charge in [-0.2, -0.15) is 0 Å². The maximum Gasteiger partial charge on any atom is 0.0795 e. The molecule has 5 aromatic carbocycles. The number of fused-ring (bicyclic) bond motifs is 12. The van der Waals surface area contributed by atoms with Gasteiger partial charge in [0.2, 0.25) is 0 Å². The molecule has 0 fully saturated rings. The van der Waals surface area contributed by atoms with Crippen LogP contribution in [0.25, 0.3) is 66.1 Å². The van der Waals surface area contributed by atoms with Gasteiger partial charge < -0.3 is 9.13 Å². The number of rotatable bonds is 2. The van der Waals surface area contributed by atoms with Gasteiger partial charge in [0.25, 0.3) is 0 Å². The number of nitrogens with zero attached hydrogens (tertiary/aromatic N) is 3. The Morgan fingerprint density at radius 2 is 1.07 bits per heavy atom. The van der Waals surface area contributed by atoms with Crippen LogP contribution in [0.1, 0.15) is 25.0 Å². The molecule has 9 rings (SSSR count). The second-order valence-electron chi connectivity index (χ2n) is 11.6. The monoisotopic (exact) mass is 525 g/mol. The minimum atomic E-state index is -0.165. The van der Waals surface area contributed by atoms with Crippen molar-refractivity contribution in [3.63, 3.8) is 0 Å². The first kappa shape index (κ1) is 22.6. The normalized spacial score (nSPS) is 13.8. The number of hydrogen-bond donors (Lipinski definition) is 0. The third kappa shape index (κ3) is 2.80. The lowest BCUT2D eigenvalue weighted by Crippen LogP contribution is -2.15. The summed E-state index contributed by atoms with van der Waals surface area (Å²) in [5.41, 5.74) is 12.6. The lowest BCUT2D eigenvalue weighted by molar-refractivity contribution is 0.667. The maximum atomic E-state index is 4.37. The number of aromatic nitrogens is 3. The molecule has 3 aromatic heterocycles. The van der Waals surface area contributed by atoms with Crippen LogP contribution >= 0.6 is 0 Å². The second-order valence-corrected chi connectivity index (χ2v) is 11.6. The van der Waals surface area contributed by atoms with Gasteiger partial charge in [0.15, 0.2) is 0 Å². The first-order valence-corrected chi connectivity index (χ1v) is 14.2. The summed E-state index contributed by atoms with van der Waals surface area (Å²) < 4.78 is 4.95. The zero-order chi connectivity index (χ0) is 27.3. The van der Waals surface area contributed by atoms with E-state index in [0.29, 0.717) is 0 Å². The van der Waals surface area contributed by atoms with E-state index in [9.17, 15) is 0 Å². The van der Waals surface area contributed by atoms with Crippen molar-refractivity contribution in [2.24, 2.45) is 0 Å². The molecule has 0 saturated carbocycles. The van der Waals surface area contributed by atoms with Gasteiger partial charge in [-0.25, -0.2) is 0 Å². The maximum absolute atomic E-state index is 4.37. The molecule has 194 valence electrons. The fourth-order valence-corrected chi connectivity index (χ4v) is 7.57. The minimum absolute atomic E-state index is 0.165. The summed E-state index contributed by atoms with van der Waals surface area (Å²) in [7, 11) is 0. The van der Waals surface area contributed by atoms with E-state index in [4.69, 9.17) is 0 Å². The van der Waals surface area contributed by atoms with Crippen molar-refractivity contribution < 1.29 is 0 Å². The Bertz CT molecular complexity index is 2320. The summed E-state index contributed by atoms with van der Waals surface area (Å²) in [4.78, 5) is 4.37. The molecular weight excluding hydrogens is 498 g/mol. The summed E-state index contributed by atoms with van der Waals surface area (Å²) >= 11 is 0. The molecule has 0 N–H and O–H groups in total. The van der Waals surface area contributed by atoms with Crippen LogP contribution in [0.3, 0.4) is 0 Å². The van der Waals surface area contributed by atoms with Crippen molar-refractivity contribution in [3.8, 4) is 22.5 Å². The lowest BCUT2D eigenvalue weighted by Gasteiger charge is -2.23. The Hall–Kier alpha value is -5.15. The van der Waals surface area contributed by atoms with Crippen LogP contribution in [0.5, 0.6) is 0 Å². The van der Waals surface area contributed by atoms with Gasteiger partial charge in [-0.3, -0.25) is 4.98 Å². The standard InChI is InChI=1S/C38H27N3/c1-38(2)29-17-9-6-14-26(29)32-33-27-15-7-10-18-30(27)40(24-12-4-3-5-13-24)36(33)37-34(35(32)38)28-16-8-11-19-31(28)41(37)25-20-22-39-23-21-25/h3-23H,1-2H3. The Morgan fingerprint density at radius 1 is 0.537 bits per heavy atom.